The monoisotopic (exact) mass is 291 g/mol. The third-order valence-corrected chi connectivity index (χ3v) is 3.27. The van der Waals surface area contributed by atoms with Crippen molar-refractivity contribution >= 4 is 11.9 Å². The van der Waals surface area contributed by atoms with Crippen LogP contribution in [0.2, 0.25) is 0 Å². The molecule has 1 aromatic carbocycles. The van der Waals surface area contributed by atoms with Crippen LogP contribution in [-0.4, -0.2) is 42.3 Å². The average molecular weight is 291 g/mol. The molecule has 1 unspecified atom stereocenters. The normalized spacial score (nSPS) is 20.8. The second kappa shape index (κ2) is 6.41. The second-order valence-electron chi connectivity index (χ2n) is 4.77. The topological polar surface area (TPSA) is 84.9 Å². The van der Waals surface area contributed by atoms with Gasteiger partial charge in [0.2, 0.25) is 0 Å². The highest BCUT2D eigenvalue weighted by atomic mass is 16.5. The molecule has 1 atom stereocenters. The van der Waals surface area contributed by atoms with Crippen molar-refractivity contribution in [1.82, 2.24) is 5.32 Å². The van der Waals surface area contributed by atoms with Gasteiger partial charge in [-0.1, -0.05) is 12.7 Å². The molecule has 1 aliphatic heterocycles. The van der Waals surface area contributed by atoms with Gasteiger partial charge in [-0.15, -0.1) is 0 Å². The molecule has 1 aromatic rings. The zero-order valence-corrected chi connectivity index (χ0v) is 11.5. The lowest BCUT2D eigenvalue weighted by Crippen LogP contribution is -2.55. The fraction of sp³-hybridized carbons (Fsp3) is 0.333. The van der Waals surface area contributed by atoms with E-state index in [0.717, 1.165) is 0 Å². The van der Waals surface area contributed by atoms with Gasteiger partial charge in [-0.3, -0.25) is 4.79 Å². The Kier molecular flexibility index (Phi) is 4.59. The smallest absolute Gasteiger partial charge is 0.331 e. The molecule has 0 radical (unpaired) electrons. The van der Waals surface area contributed by atoms with E-state index in [1.165, 1.54) is 0 Å². The average Bonchev–Trinajstić information content (AvgIpc) is 2.95. The Balaban J connectivity index is 2.05. The molecule has 0 bridgehead atoms. The predicted molar refractivity (Wildman–Crippen MR) is 75.4 cm³/mol. The number of nitrogens with one attached hydrogen (secondary N) is 1. The van der Waals surface area contributed by atoms with Gasteiger partial charge >= 0.3 is 5.97 Å². The van der Waals surface area contributed by atoms with Crippen molar-refractivity contribution in [1.29, 1.82) is 0 Å². The molecule has 21 heavy (non-hydrogen) atoms. The molecular formula is C15H17NO5. The second-order valence-corrected chi connectivity index (χ2v) is 4.77. The van der Waals surface area contributed by atoms with E-state index < -0.39 is 17.4 Å². The van der Waals surface area contributed by atoms with Crippen molar-refractivity contribution in [3.63, 3.8) is 0 Å². The Morgan fingerprint density at radius 2 is 2.14 bits per heavy atom. The van der Waals surface area contributed by atoms with Crippen LogP contribution >= 0.6 is 0 Å². The number of carbonyl (C=O) groups excluding carboxylic acids is 1. The molecule has 0 aromatic heterocycles. The molecule has 0 aliphatic carbocycles. The molecule has 6 nitrogen and oxygen atoms in total. The van der Waals surface area contributed by atoms with Gasteiger partial charge in [-0.2, -0.15) is 0 Å². The number of carbonyl (C=O) groups is 2. The summed E-state index contributed by atoms with van der Waals surface area (Å²) in [6.07, 6.45) is 1.88. The summed E-state index contributed by atoms with van der Waals surface area (Å²) in [5.41, 5.74) is -0.969. The number of hydrogen-bond acceptors (Lipinski definition) is 4. The summed E-state index contributed by atoms with van der Waals surface area (Å²) >= 11 is 0. The molecule has 2 rings (SSSR count). The molecule has 1 amide bonds. The zero-order valence-electron chi connectivity index (χ0n) is 11.5. The highest BCUT2D eigenvalue weighted by Crippen LogP contribution is 2.20. The standard InChI is InChI=1S/C15H17NO5/c1-2-8-21-12-5-3-11(4-6-12)13(17)16-15(14(18)19)7-9-20-10-15/h2-6H,1,7-10H2,(H,16,17)(H,18,19). The van der Waals surface area contributed by atoms with Crippen LogP contribution in [0.1, 0.15) is 16.8 Å². The SMILES string of the molecule is C=CCOc1ccc(C(=O)NC2(C(=O)O)CCOC2)cc1. The van der Waals surface area contributed by atoms with E-state index in [0.29, 0.717) is 24.5 Å². The lowest BCUT2D eigenvalue weighted by atomic mass is 9.98. The number of carboxylic acids is 1. The van der Waals surface area contributed by atoms with Gasteiger partial charge in [0.05, 0.1) is 6.61 Å². The van der Waals surface area contributed by atoms with E-state index in [1.54, 1.807) is 30.3 Å². The van der Waals surface area contributed by atoms with Gasteiger partial charge in [0.25, 0.3) is 5.91 Å². The van der Waals surface area contributed by atoms with Crippen molar-refractivity contribution in [2.75, 3.05) is 19.8 Å². The Labute approximate surface area is 122 Å². The first-order valence-corrected chi connectivity index (χ1v) is 6.55. The van der Waals surface area contributed by atoms with E-state index in [1.807, 2.05) is 0 Å². The van der Waals surface area contributed by atoms with Gasteiger partial charge in [-0.05, 0) is 24.3 Å². The largest absolute Gasteiger partial charge is 0.490 e. The van der Waals surface area contributed by atoms with E-state index in [2.05, 4.69) is 11.9 Å². The number of benzene rings is 1. The Morgan fingerprint density at radius 3 is 2.67 bits per heavy atom. The first kappa shape index (κ1) is 15.1. The summed E-state index contributed by atoms with van der Waals surface area (Å²) in [5.74, 6) is -0.916. The third kappa shape index (κ3) is 3.41. The van der Waals surface area contributed by atoms with Gasteiger partial charge in [0, 0.05) is 18.6 Å². The van der Waals surface area contributed by atoms with Crippen molar-refractivity contribution < 1.29 is 24.2 Å². The summed E-state index contributed by atoms with van der Waals surface area (Å²) in [5, 5.41) is 11.8. The third-order valence-electron chi connectivity index (χ3n) is 3.27. The van der Waals surface area contributed by atoms with E-state index in [-0.39, 0.29) is 13.0 Å². The minimum atomic E-state index is -1.34. The maximum absolute atomic E-state index is 12.1. The van der Waals surface area contributed by atoms with Crippen LogP contribution in [0, 0.1) is 0 Å². The van der Waals surface area contributed by atoms with Crippen LogP contribution in [-0.2, 0) is 9.53 Å². The first-order valence-electron chi connectivity index (χ1n) is 6.55. The van der Waals surface area contributed by atoms with Crippen LogP contribution in [0.15, 0.2) is 36.9 Å². The molecule has 0 saturated carbocycles. The molecule has 1 aliphatic rings. The molecule has 1 fully saturated rings. The predicted octanol–water partition coefficient (Wildman–Crippen LogP) is 1.22. The minimum absolute atomic E-state index is 0.0192. The number of rotatable bonds is 6. The highest BCUT2D eigenvalue weighted by Gasteiger charge is 2.44. The summed E-state index contributed by atoms with van der Waals surface area (Å²) in [6, 6.07) is 6.46. The number of hydrogen-bond donors (Lipinski definition) is 2. The number of ether oxygens (including phenoxy) is 2. The van der Waals surface area contributed by atoms with Crippen LogP contribution in [0.25, 0.3) is 0 Å². The van der Waals surface area contributed by atoms with Crippen molar-refractivity contribution in [3.05, 3.63) is 42.5 Å². The molecule has 112 valence electrons. The van der Waals surface area contributed by atoms with Gasteiger partial charge in [0.15, 0.2) is 5.54 Å². The number of amides is 1. The van der Waals surface area contributed by atoms with Gasteiger partial charge in [-0.25, -0.2) is 4.79 Å². The van der Waals surface area contributed by atoms with E-state index in [9.17, 15) is 14.7 Å². The first-order chi connectivity index (χ1) is 10.1. The lowest BCUT2D eigenvalue weighted by Gasteiger charge is -2.23. The lowest BCUT2D eigenvalue weighted by molar-refractivity contribution is -0.144. The number of aliphatic carboxylic acids is 1. The zero-order chi connectivity index (χ0) is 15.3. The Hall–Kier alpha value is -2.34. The quantitative estimate of drug-likeness (QED) is 0.770. The Morgan fingerprint density at radius 1 is 1.43 bits per heavy atom. The maximum atomic E-state index is 12.1. The van der Waals surface area contributed by atoms with Crippen LogP contribution < -0.4 is 10.1 Å². The van der Waals surface area contributed by atoms with Crippen molar-refractivity contribution in [2.45, 2.75) is 12.0 Å². The molecule has 6 heteroatoms. The van der Waals surface area contributed by atoms with E-state index in [4.69, 9.17) is 9.47 Å². The van der Waals surface area contributed by atoms with Crippen LogP contribution in [0.4, 0.5) is 0 Å². The summed E-state index contributed by atoms with van der Waals surface area (Å²) in [4.78, 5) is 23.5. The van der Waals surface area contributed by atoms with Gasteiger partial charge < -0.3 is 19.9 Å². The number of carboxylic acid groups (broad SMARTS) is 1. The molecule has 1 saturated heterocycles. The summed E-state index contributed by atoms with van der Waals surface area (Å²) < 4.78 is 10.4. The maximum Gasteiger partial charge on any atom is 0.331 e. The fourth-order valence-electron chi connectivity index (χ4n) is 2.03. The summed E-state index contributed by atoms with van der Waals surface area (Å²) in [7, 11) is 0. The Bertz CT molecular complexity index is 531. The minimum Gasteiger partial charge on any atom is -0.490 e. The fourth-order valence-corrected chi connectivity index (χ4v) is 2.03. The van der Waals surface area contributed by atoms with Crippen LogP contribution in [0.5, 0.6) is 5.75 Å². The van der Waals surface area contributed by atoms with Gasteiger partial charge in [0.1, 0.15) is 12.4 Å². The highest BCUT2D eigenvalue weighted by molar-refractivity contribution is 5.98. The van der Waals surface area contributed by atoms with Crippen molar-refractivity contribution in [3.8, 4) is 5.75 Å². The van der Waals surface area contributed by atoms with E-state index >= 15 is 0 Å². The van der Waals surface area contributed by atoms with Crippen LogP contribution in [0.3, 0.4) is 0 Å². The molecule has 1 heterocycles. The molecule has 0 spiro atoms. The molecular weight excluding hydrogens is 274 g/mol. The summed E-state index contributed by atoms with van der Waals surface area (Å²) in [6.45, 7) is 4.23. The molecule has 2 N–H and O–H groups in total. The van der Waals surface area contributed by atoms with Crippen molar-refractivity contribution in [2.24, 2.45) is 0 Å².